The molecule has 4 aromatic carbocycles. The smallest absolute Gasteiger partial charge is 0.323 e. The summed E-state index contributed by atoms with van der Waals surface area (Å²) >= 11 is 1.52. The molecule has 4 amide bonds. The average molecular weight is 482 g/mol. The van der Waals surface area contributed by atoms with Gasteiger partial charge in [0.25, 0.3) is 5.91 Å². The maximum Gasteiger partial charge on any atom is 0.325 e. The molecule has 1 aliphatic heterocycles. The highest BCUT2D eigenvalue weighted by Crippen LogP contribution is 2.34. The number of carbonyl (C=O) groups excluding carboxylic acids is 3. The molecular weight excluding hydrogens is 458 g/mol. The zero-order chi connectivity index (χ0) is 24.4. The van der Waals surface area contributed by atoms with Crippen molar-refractivity contribution in [3.8, 4) is 0 Å². The van der Waals surface area contributed by atoms with Crippen molar-refractivity contribution in [3.05, 3.63) is 103 Å². The predicted octanol–water partition coefficient (Wildman–Crippen LogP) is 5.40. The van der Waals surface area contributed by atoms with E-state index in [2.05, 4.69) is 10.6 Å². The van der Waals surface area contributed by atoms with E-state index in [4.69, 9.17) is 0 Å². The molecule has 0 unspecified atom stereocenters. The number of fused-ring (bicyclic) bond motifs is 1. The summed E-state index contributed by atoms with van der Waals surface area (Å²) < 4.78 is 0. The largest absolute Gasteiger partial charge is 0.325 e. The molecule has 6 nitrogen and oxygen atoms in total. The second-order valence-electron chi connectivity index (χ2n) is 8.47. The van der Waals surface area contributed by atoms with Gasteiger partial charge in [0.1, 0.15) is 12.1 Å². The van der Waals surface area contributed by atoms with Gasteiger partial charge in [-0.25, -0.2) is 4.79 Å². The molecule has 1 fully saturated rings. The van der Waals surface area contributed by atoms with Crippen LogP contribution in [0.25, 0.3) is 10.8 Å². The van der Waals surface area contributed by atoms with Crippen LogP contribution in [0.3, 0.4) is 0 Å². The van der Waals surface area contributed by atoms with E-state index >= 15 is 0 Å². The first-order valence-electron chi connectivity index (χ1n) is 11.2. The number of imide groups is 1. The van der Waals surface area contributed by atoms with Gasteiger partial charge in [-0.05, 0) is 53.6 Å². The number of benzene rings is 4. The second kappa shape index (κ2) is 9.27. The average Bonchev–Trinajstić information content (AvgIpc) is 3.09. The highest BCUT2D eigenvalue weighted by molar-refractivity contribution is 7.99. The number of amides is 4. The molecule has 0 radical (unpaired) electrons. The van der Waals surface area contributed by atoms with E-state index in [0.29, 0.717) is 11.3 Å². The van der Waals surface area contributed by atoms with Crippen LogP contribution in [0.5, 0.6) is 0 Å². The standard InChI is InChI=1S/C28H23N3O3S/c1-28(21-16-15-19-9-5-6-10-20(19)17-21)26(33)31(27(34)30-28)18-25(32)29-23-13-7-8-14-24(23)35-22-11-3-2-4-12-22/h2-17H,18H2,1H3,(H,29,32)(H,30,34)/t28-/m0/s1. The first-order chi connectivity index (χ1) is 16.9. The Labute approximate surface area is 207 Å². The van der Waals surface area contributed by atoms with Gasteiger partial charge in [0, 0.05) is 9.79 Å². The van der Waals surface area contributed by atoms with Crippen molar-refractivity contribution in [2.24, 2.45) is 0 Å². The zero-order valence-corrected chi connectivity index (χ0v) is 19.8. The van der Waals surface area contributed by atoms with Gasteiger partial charge in [0.2, 0.25) is 5.91 Å². The highest BCUT2D eigenvalue weighted by Gasteiger charge is 2.49. The Hall–Kier alpha value is -4.10. The van der Waals surface area contributed by atoms with Crippen LogP contribution in [0.15, 0.2) is 107 Å². The Bertz CT molecular complexity index is 1440. The lowest BCUT2D eigenvalue weighted by atomic mass is 9.90. The molecule has 4 aromatic rings. The summed E-state index contributed by atoms with van der Waals surface area (Å²) in [4.78, 5) is 41.8. The molecule has 1 aliphatic rings. The predicted molar refractivity (Wildman–Crippen MR) is 137 cm³/mol. The fourth-order valence-corrected chi connectivity index (χ4v) is 5.07. The number of hydrogen-bond donors (Lipinski definition) is 2. The third-order valence-corrected chi connectivity index (χ3v) is 7.12. The van der Waals surface area contributed by atoms with Gasteiger partial charge in [0.05, 0.1) is 5.69 Å². The Balaban J connectivity index is 1.32. The Morgan fingerprint density at radius 2 is 1.57 bits per heavy atom. The van der Waals surface area contributed by atoms with Crippen LogP contribution in [-0.4, -0.2) is 29.3 Å². The molecule has 1 saturated heterocycles. The first kappa shape index (κ1) is 22.7. The number of nitrogens with zero attached hydrogens (tertiary/aromatic N) is 1. The minimum atomic E-state index is -1.25. The summed E-state index contributed by atoms with van der Waals surface area (Å²) in [7, 11) is 0. The molecule has 1 heterocycles. The topological polar surface area (TPSA) is 78.5 Å². The fraction of sp³-hybridized carbons (Fsp3) is 0.107. The van der Waals surface area contributed by atoms with E-state index in [0.717, 1.165) is 25.5 Å². The van der Waals surface area contributed by atoms with Crippen LogP contribution in [0.1, 0.15) is 12.5 Å². The third-order valence-electron chi connectivity index (χ3n) is 6.04. The van der Waals surface area contributed by atoms with Gasteiger partial charge in [-0.2, -0.15) is 0 Å². The number of para-hydroxylation sites is 1. The van der Waals surface area contributed by atoms with E-state index in [-0.39, 0.29) is 6.54 Å². The lowest BCUT2D eigenvalue weighted by molar-refractivity contribution is -0.133. The van der Waals surface area contributed by atoms with Gasteiger partial charge < -0.3 is 10.6 Å². The van der Waals surface area contributed by atoms with Crippen LogP contribution in [0.2, 0.25) is 0 Å². The van der Waals surface area contributed by atoms with Crippen molar-refractivity contribution < 1.29 is 14.4 Å². The number of rotatable bonds is 6. The lowest BCUT2D eigenvalue weighted by Gasteiger charge is -2.22. The van der Waals surface area contributed by atoms with Crippen LogP contribution in [-0.2, 0) is 15.1 Å². The second-order valence-corrected chi connectivity index (χ2v) is 9.58. The highest BCUT2D eigenvalue weighted by atomic mass is 32.2. The molecule has 35 heavy (non-hydrogen) atoms. The Kier molecular flexibility index (Phi) is 6.01. The molecule has 2 N–H and O–H groups in total. The normalized spacial score (nSPS) is 17.5. The Morgan fingerprint density at radius 3 is 2.37 bits per heavy atom. The minimum absolute atomic E-state index is 0.377. The molecule has 174 valence electrons. The molecule has 0 aliphatic carbocycles. The van der Waals surface area contributed by atoms with E-state index in [9.17, 15) is 14.4 Å². The molecule has 0 bridgehead atoms. The van der Waals surface area contributed by atoms with Crippen molar-refractivity contribution >= 4 is 46.1 Å². The van der Waals surface area contributed by atoms with Gasteiger partial charge in [-0.1, -0.05) is 78.5 Å². The molecule has 0 saturated carbocycles. The third kappa shape index (κ3) is 4.50. The van der Waals surface area contributed by atoms with E-state index < -0.39 is 23.4 Å². The number of anilines is 1. The fourth-order valence-electron chi connectivity index (χ4n) is 4.14. The lowest BCUT2D eigenvalue weighted by Crippen LogP contribution is -2.42. The number of nitrogens with one attached hydrogen (secondary N) is 2. The summed E-state index contributed by atoms with van der Waals surface area (Å²) in [6.07, 6.45) is 0. The first-order valence-corrected chi connectivity index (χ1v) is 12.0. The van der Waals surface area contributed by atoms with Gasteiger partial charge >= 0.3 is 6.03 Å². The molecule has 5 rings (SSSR count). The van der Waals surface area contributed by atoms with Crippen molar-refractivity contribution in [3.63, 3.8) is 0 Å². The van der Waals surface area contributed by atoms with Crippen molar-refractivity contribution in [2.45, 2.75) is 22.3 Å². The maximum absolute atomic E-state index is 13.3. The Morgan fingerprint density at radius 1 is 0.886 bits per heavy atom. The molecule has 0 aromatic heterocycles. The summed E-state index contributed by atoms with van der Waals surface area (Å²) in [6, 6.07) is 30.2. The summed E-state index contributed by atoms with van der Waals surface area (Å²) in [5.74, 6) is -0.905. The van der Waals surface area contributed by atoms with Gasteiger partial charge in [-0.3, -0.25) is 14.5 Å². The molecular formula is C28H23N3O3S. The SMILES string of the molecule is C[C@@]1(c2ccc3ccccc3c2)NC(=O)N(CC(=O)Nc2ccccc2Sc2ccccc2)C1=O. The van der Waals surface area contributed by atoms with Crippen molar-refractivity contribution in [1.29, 1.82) is 0 Å². The molecule has 1 atom stereocenters. The van der Waals surface area contributed by atoms with E-state index in [1.165, 1.54) is 11.8 Å². The number of urea groups is 1. The van der Waals surface area contributed by atoms with Crippen LogP contribution >= 0.6 is 11.8 Å². The van der Waals surface area contributed by atoms with E-state index in [1.807, 2.05) is 91.0 Å². The van der Waals surface area contributed by atoms with Gasteiger partial charge in [0.15, 0.2) is 0 Å². The molecule has 0 spiro atoms. The summed E-state index contributed by atoms with van der Waals surface area (Å²) in [5.41, 5.74) is 0.0420. The summed E-state index contributed by atoms with van der Waals surface area (Å²) in [6.45, 7) is 1.29. The number of carbonyl (C=O) groups is 3. The minimum Gasteiger partial charge on any atom is -0.323 e. The van der Waals surface area contributed by atoms with Crippen molar-refractivity contribution in [1.82, 2.24) is 10.2 Å². The quantitative estimate of drug-likeness (QED) is 0.362. The number of hydrogen-bond acceptors (Lipinski definition) is 4. The van der Waals surface area contributed by atoms with Gasteiger partial charge in [-0.15, -0.1) is 0 Å². The van der Waals surface area contributed by atoms with Crippen molar-refractivity contribution in [2.75, 3.05) is 11.9 Å². The summed E-state index contributed by atoms with van der Waals surface area (Å²) in [5, 5.41) is 7.65. The van der Waals surface area contributed by atoms with Crippen LogP contribution in [0.4, 0.5) is 10.5 Å². The zero-order valence-electron chi connectivity index (χ0n) is 19.0. The van der Waals surface area contributed by atoms with E-state index in [1.54, 1.807) is 13.0 Å². The van der Waals surface area contributed by atoms with Crippen LogP contribution in [0, 0.1) is 0 Å². The van der Waals surface area contributed by atoms with Crippen LogP contribution < -0.4 is 10.6 Å². The molecule has 7 heteroatoms. The monoisotopic (exact) mass is 481 g/mol. The maximum atomic E-state index is 13.3.